The van der Waals surface area contributed by atoms with Gasteiger partial charge < -0.3 is 9.84 Å². The van der Waals surface area contributed by atoms with Gasteiger partial charge in [0.2, 0.25) is 10.0 Å². The predicted molar refractivity (Wildman–Crippen MR) is 57.2 cm³/mol. The number of carbonyl (C=O) groups excluding carboxylic acids is 1. The molecule has 6 nitrogen and oxygen atoms in total. The summed E-state index contributed by atoms with van der Waals surface area (Å²) in [5.74, 6) is -0.760. The van der Waals surface area contributed by atoms with Crippen LogP contribution < -0.4 is 0 Å². The van der Waals surface area contributed by atoms with Crippen molar-refractivity contribution in [3.05, 3.63) is 0 Å². The van der Waals surface area contributed by atoms with Crippen molar-refractivity contribution in [2.75, 3.05) is 25.4 Å². The molecule has 0 aromatic rings. The maximum absolute atomic E-state index is 11.7. The van der Waals surface area contributed by atoms with E-state index in [2.05, 4.69) is 4.74 Å². The van der Waals surface area contributed by atoms with Crippen LogP contribution in [0.25, 0.3) is 0 Å². The molecule has 0 radical (unpaired) electrons. The van der Waals surface area contributed by atoms with Crippen molar-refractivity contribution in [3.8, 4) is 0 Å². The van der Waals surface area contributed by atoms with Gasteiger partial charge in [0.25, 0.3) is 0 Å². The van der Waals surface area contributed by atoms with Crippen LogP contribution >= 0.6 is 0 Å². The number of rotatable bonds is 5. The molecule has 0 spiro atoms. The quantitative estimate of drug-likeness (QED) is 0.655. The number of hydrogen-bond acceptors (Lipinski definition) is 5. The molecule has 1 fully saturated rings. The highest BCUT2D eigenvalue weighted by Crippen LogP contribution is 2.14. The SMILES string of the molecule is CCOC(=O)CCS(=O)(=O)N1CC[C@@H](O)C1. The molecule has 1 saturated heterocycles. The summed E-state index contributed by atoms with van der Waals surface area (Å²) in [6.45, 7) is 2.38. The molecule has 94 valence electrons. The molecule has 0 saturated carbocycles. The first-order chi connectivity index (χ1) is 7.45. The highest BCUT2D eigenvalue weighted by atomic mass is 32.2. The summed E-state index contributed by atoms with van der Waals surface area (Å²) < 4.78 is 29.3. The first-order valence-corrected chi connectivity index (χ1v) is 6.88. The van der Waals surface area contributed by atoms with Crippen molar-refractivity contribution in [1.29, 1.82) is 0 Å². The Bertz CT molecular complexity index is 340. The summed E-state index contributed by atoms with van der Waals surface area (Å²) in [6, 6.07) is 0. The third kappa shape index (κ3) is 3.73. The summed E-state index contributed by atoms with van der Waals surface area (Å²) in [5.41, 5.74) is 0. The molecule has 1 N–H and O–H groups in total. The zero-order chi connectivity index (χ0) is 12.2. The Labute approximate surface area is 95.2 Å². The molecule has 1 heterocycles. The molecule has 1 aliphatic rings. The second-order valence-corrected chi connectivity index (χ2v) is 5.76. The lowest BCUT2D eigenvalue weighted by atomic mass is 10.3. The van der Waals surface area contributed by atoms with E-state index in [1.165, 1.54) is 4.31 Å². The van der Waals surface area contributed by atoms with Gasteiger partial charge in [0.1, 0.15) is 0 Å². The third-order valence-corrected chi connectivity index (χ3v) is 4.23. The van der Waals surface area contributed by atoms with Crippen molar-refractivity contribution in [3.63, 3.8) is 0 Å². The number of aliphatic hydroxyl groups excluding tert-OH is 1. The normalized spacial score (nSPS) is 22.2. The van der Waals surface area contributed by atoms with E-state index in [1.54, 1.807) is 6.92 Å². The number of aliphatic hydroxyl groups is 1. The Kier molecular flexibility index (Phi) is 4.69. The van der Waals surface area contributed by atoms with Crippen LogP contribution in [0.4, 0.5) is 0 Å². The molecule has 16 heavy (non-hydrogen) atoms. The Hall–Kier alpha value is -0.660. The molecule has 0 bridgehead atoms. The maximum Gasteiger partial charge on any atom is 0.306 e. The van der Waals surface area contributed by atoms with Gasteiger partial charge >= 0.3 is 5.97 Å². The van der Waals surface area contributed by atoms with Crippen molar-refractivity contribution in [2.24, 2.45) is 0 Å². The first kappa shape index (κ1) is 13.4. The van der Waals surface area contributed by atoms with Crippen LogP contribution in [0.5, 0.6) is 0 Å². The number of esters is 1. The second kappa shape index (κ2) is 5.60. The molecular formula is C9H17NO5S. The zero-order valence-electron chi connectivity index (χ0n) is 9.26. The van der Waals surface area contributed by atoms with Gasteiger partial charge in [0, 0.05) is 13.1 Å². The molecule has 0 aromatic carbocycles. The fourth-order valence-electron chi connectivity index (χ4n) is 1.54. The zero-order valence-corrected chi connectivity index (χ0v) is 10.1. The molecule has 0 amide bonds. The van der Waals surface area contributed by atoms with Gasteiger partial charge in [-0.05, 0) is 13.3 Å². The molecular weight excluding hydrogens is 234 g/mol. The van der Waals surface area contributed by atoms with Crippen molar-refractivity contribution in [2.45, 2.75) is 25.9 Å². The van der Waals surface area contributed by atoms with Crippen LogP contribution in [0.2, 0.25) is 0 Å². The van der Waals surface area contributed by atoms with Gasteiger partial charge in [0.15, 0.2) is 0 Å². The summed E-state index contributed by atoms with van der Waals surface area (Å²) in [7, 11) is -3.43. The fourth-order valence-corrected chi connectivity index (χ4v) is 3.00. The van der Waals surface area contributed by atoms with E-state index < -0.39 is 22.1 Å². The van der Waals surface area contributed by atoms with E-state index in [1.807, 2.05) is 0 Å². The molecule has 1 rings (SSSR count). The van der Waals surface area contributed by atoms with Crippen molar-refractivity contribution < 1.29 is 23.1 Å². The Morgan fingerprint density at radius 1 is 1.56 bits per heavy atom. The van der Waals surface area contributed by atoms with Gasteiger partial charge in [-0.1, -0.05) is 0 Å². The predicted octanol–water partition coefficient (Wildman–Crippen LogP) is -0.664. The molecule has 1 atom stereocenters. The van der Waals surface area contributed by atoms with E-state index in [0.717, 1.165) is 0 Å². The fraction of sp³-hybridized carbons (Fsp3) is 0.889. The van der Waals surface area contributed by atoms with Crippen LogP contribution in [0.1, 0.15) is 19.8 Å². The summed E-state index contributed by atoms with van der Waals surface area (Å²) in [5, 5.41) is 9.23. The standard InChI is InChI=1S/C9H17NO5S/c1-2-15-9(12)4-6-16(13,14)10-5-3-8(11)7-10/h8,11H,2-7H2,1H3/t8-/m1/s1. The lowest BCUT2D eigenvalue weighted by Gasteiger charge is -2.14. The maximum atomic E-state index is 11.7. The lowest BCUT2D eigenvalue weighted by Crippen LogP contribution is -2.32. The van der Waals surface area contributed by atoms with Gasteiger partial charge in [-0.2, -0.15) is 4.31 Å². The summed E-state index contributed by atoms with van der Waals surface area (Å²) >= 11 is 0. The Morgan fingerprint density at radius 3 is 2.75 bits per heavy atom. The number of β-amino-alcohol motifs (C(OH)–C–C–N with tert-alkyl or cyclic N) is 1. The van der Waals surface area contributed by atoms with Gasteiger partial charge in [-0.15, -0.1) is 0 Å². The molecule has 0 aliphatic carbocycles. The largest absolute Gasteiger partial charge is 0.466 e. The van der Waals surface area contributed by atoms with Crippen LogP contribution in [-0.2, 0) is 19.6 Å². The molecule has 7 heteroatoms. The first-order valence-electron chi connectivity index (χ1n) is 5.27. The van der Waals surface area contributed by atoms with E-state index in [9.17, 15) is 18.3 Å². The average Bonchev–Trinajstić information content (AvgIpc) is 2.63. The third-order valence-electron chi connectivity index (χ3n) is 2.39. The molecule has 0 aromatic heterocycles. The Morgan fingerprint density at radius 2 is 2.25 bits per heavy atom. The number of ether oxygens (including phenoxy) is 1. The van der Waals surface area contributed by atoms with Crippen LogP contribution in [0.15, 0.2) is 0 Å². The van der Waals surface area contributed by atoms with E-state index in [0.29, 0.717) is 13.0 Å². The monoisotopic (exact) mass is 251 g/mol. The minimum atomic E-state index is -3.43. The van der Waals surface area contributed by atoms with E-state index >= 15 is 0 Å². The lowest BCUT2D eigenvalue weighted by molar-refractivity contribution is -0.142. The number of sulfonamides is 1. The highest BCUT2D eigenvalue weighted by Gasteiger charge is 2.30. The van der Waals surface area contributed by atoms with Gasteiger partial charge in [0.05, 0.1) is 24.9 Å². The minimum absolute atomic E-state index is 0.130. The summed E-state index contributed by atoms with van der Waals surface area (Å²) in [6.07, 6.45) is -0.265. The van der Waals surface area contributed by atoms with E-state index in [4.69, 9.17) is 0 Å². The van der Waals surface area contributed by atoms with Crippen LogP contribution in [0, 0.1) is 0 Å². The molecule has 1 aliphatic heterocycles. The highest BCUT2D eigenvalue weighted by molar-refractivity contribution is 7.89. The topological polar surface area (TPSA) is 83.9 Å². The van der Waals surface area contributed by atoms with Crippen molar-refractivity contribution >= 4 is 16.0 Å². The number of hydrogen-bond donors (Lipinski definition) is 1. The number of nitrogens with zero attached hydrogens (tertiary/aromatic N) is 1. The van der Waals surface area contributed by atoms with Crippen molar-refractivity contribution in [1.82, 2.24) is 4.31 Å². The van der Waals surface area contributed by atoms with Crippen LogP contribution in [0.3, 0.4) is 0 Å². The number of carbonyl (C=O) groups is 1. The minimum Gasteiger partial charge on any atom is -0.466 e. The van der Waals surface area contributed by atoms with Gasteiger partial charge in [-0.3, -0.25) is 4.79 Å². The summed E-state index contributed by atoms with van der Waals surface area (Å²) in [4.78, 5) is 11.0. The van der Waals surface area contributed by atoms with E-state index in [-0.39, 0.29) is 25.3 Å². The Balaban J connectivity index is 2.43. The second-order valence-electron chi connectivity index (χ2n) is 3.67. The van der Waals surface area contributed by atoms with Gasteiger partial charge in [-0.25, -0.2) is 8.42 Å². The average molecular weight is 251 g/mol. The van der Waals surface area contributed by atoms with Crippen LogP contribution in [-0.4, -0.2) is 55.4 Å². The molecule has 0 unspecified atom stereocenters. The smallest absolute Gasteiger partial charge is 0.306 e.